The van der Waals surface area contributed by atoms with E-state index < -0.39 is 0 Å². The minimum Gasteiger partial charge on any atom is -0.462 e. The van der Waals surface area contributed by atoms with E-state index in [1.54, 1.807) is 0 Å². The monoisotopic (exact) mass is 592 g/mol. The second-order valence-electron chi connectivity index (χ2n) is 12.0. The highest BCUT2D eigenvalue weighted by molar-refractivity contribution is 5.98. The van der Waals surface area contributed by atoms with Gasteiger partial charge in [0.05, 0.1) is 6.54 Å². The number of guanidine groups is 1. The van der Waals surface area contributed by atoms with E-state index in [0.29, 0.717) is 31.8 Å². The number of rotatable bonds is 29. The van der Waals surface area contributed by atoms with Crippen LogP contribution in [-0.4, -0.2) is 67.8 Å². The SMILES string of the molecule is CCCCCCCCC(CC)OC(=O)CCCCCCCN(CCCCCCCC=O)CCCNC1=NCCC(=O)N1. The normalized spacial score (nSPS) is 14.0. The number of carbonyl (C=O) groups excluding carboxylic acids is 3. The fraction of sp³-hybridized carbons (Fsp3) is 0.882. The van der Waals surface area contributed by atoms with Crippen LogP contribution in [0.4, 0.5) is 0 Å². The molecular weight excluding hydrogens is 528 g/mol. The molecule has 0 bridgehead atoms. The number of unbranched alkanes of at least 4 members (excludes halogenated alkanes) is 14. The van der Waals surface area contributed by atoms with Gasteiger partial charge in [-0.2, -0.15) is 0 Å². The Labute approximate surface area is 257 Å². The van der Waals surface area contributed by atoms with E-state index in [9.17, 15) is 14.4 Å². The highest BCUT2D eigenvalue weighted by Gasteiger charge is 2.13. The Kier molecular flexibility index (Phi) is 25.2. The first kappa shape index (κ1) is 38.1. The van der Waals surface area contributed by atoms with Crippen molar-refractivity contribution in [2.24, 2.45) is 4.99 Å². The number of aliphatic imine (C=N–C) groups is 1. The summed E-state index contributed by atoms with van der Waals surface area (Å²) >= 11 is 0. The molecule has 1 amide bonds. The van der Waals surface area contributed by atoms with Gasteiger partial charge in [-0.15, -0.1) is 0 Å². The fourth-order valence-corrected chi connectivity index (χ4v) is 5.42. The predicted octanol–water partition coefficient (Wildman–Crippen LogP) is 7.10. The molecule has 0 aliphatic carbocycles. The van der Waals surface area contributed by atoms with E-state index >= 15 is 0 Å². The van der Waals surface area contributed by atoms with Crippen molar-refractivity contribution >= 4 is 24.1 Å². The third-order valence-corrected chi connectivity index (χ3v) is 8.09. The third-order valence-electron chi connectivity index (χ3n) is 8.09. The maximum Gasteiger partial charge on any atom is 0.306 e. The van der Waals surface area contributed by atoms with Crippen molar-refractivity contribution < 1.29 is 19.1 Å². The number of hydrogen-bond donors (Lipinski definition) is 2. The second-order valence-corrected chi connectivity index (χ2v) is 12.0. The van der Waals surface area contributed by atoms with Crippen molar-refractivity contribution in [3.8, 4) is 0 Å². The van der Waals surface area contributed by atoms with E-state index in [-0.39, 0.29) is 18.0 Å². The lowest BCUT2D eigenvalue weighted by Gasteiger charge is -2.23. The van der Waals surface area contributed by atoms with Crippen LogP contribution in [0.25, 0.3) is 0 Å². The zero-order chi connectivity index (χ0) is 30.5. The topological polar surface area (TPSA) is 100 Å². The van der Waals surface area contributed by atoms with E-state index in [2.05, 4.69) is 34.4 Å². The summed E-state index contributed by atoms with van der Waals surface area (Å²) in [6.45, 7) is 8.96. The first-order chi connectivity index (χ1) is 20.6. The first-order valence-electron chi connectivity index (χ1n) is 17.5. The van der Waals surface area contributed by atoms with Crippen LogP contribution < -0.4 is 10.6 Å². The van der Waals surface area contributed by atoms with Crippen LogP contribution in [0.5, 0.6) is 0 Å². The van der Waals surface area contributed by atoms with Crippen LogP contribution in [0, 0.1) is 0 Å². The number of nitrogens with zero attached hydrogens (tertiary/aromatic N) is 2. The van der Waals surface area contributed by atoms with Gasteiger partial charge in [0.25, 0.3) is 0 Å². The van der Waals surface area contributed by atoms with Crippen LogP contribution in [-0.2, 0) is 19.1 Å². The molecule has 8 heteroatoms. The lowest BCUT2D eigenvalue weighted by Crippen LogP contribution is -2.44. The highest BCUT2D eigenvalue weighted by atomic mass is 16.5. The van der Waals surface area contributed by atoms with Crippen LogP contribution in [0.1, 0.15) is 155 Å². The molecule has 0 aromatic rings. The molecule has 8 nitrogen and oxygen atoms in total. The number of hydrogen-bond acceptors (Lipinski definition) is 7. The lowest BCUT2D eigenvalue weighted by atomic mass is 10.1. The van der Waals surface area contributed by atoms with Gasteiger partial charge < -0.3 is 19.7 Å². The van der Waals surface area contributed by atoms with Gasteiger partial charge in [0.1, 0.15) is 12.4 Å². The van der Waals surface area contributed by atoms with E-state index in [1.165, 1.54) is 64.2 Å². The van der Waals surface area contributed by atoms with Crippen molar-refractivity contribution in [1.82, 2.24) is 15.5 Å². The Hall–Kier alpha value is -1.96. The molecule has 1 rings (SSSR count). The van der Waals surface area contributed by atoms with Crippen LogP contribution >= 0.6 is 0 Å². The van der Waals surface area contributed by atoms with Gasteiger partial charge in [-0.3, -0.25) is 19.9 Å². The van der Waals surface area contributed by atoms with Crippen molar-refractivity contribution in [3.05, 3.63) is 0 Å². The molecule has 0 fully saturated rings. The van der Waals surface area contributed by atoms with Crippen molar-refractivity contribution in [2.75, 3.05) is 32.7 Å². The molecule has 1 aliphatic heterocycles. The fourth-order valence-electron chi connectivity index (χ4n) is 5.42. The highest BCUT2D eigenvalue weighted by Crippen LogP contribution is 2.15. The largest absolute Gasteiger partial charge is 0.462 e. The minimum atomic E-state index is -0.0162. The summed E-state index contributed by atoms with van der Waals surface area (Å²) in [4.78, 5) is 41.3. The van der Waals surface area contributed by atoms with E-state index in [1.807, 2.05) is 0 Å². The van der Waals surface area contributed by atoms with Crippen LogP contribution in [0.2, 0.25) is 0 Å². The molecular formula is C34H64N4O4. The average molecular weight is 593 g/mol. The molecule has 1 atom stereocenters. The van der Waals surface area contributed by atoms with Gasteiger partial charge >= 0.3 is 5.97 Å². The Balaban J connectivity index is 2.19. The molecule has 1 unspecified atom stereocenters. The lowest BCUT2D eigenvalue weighted by molar-refractivity contribution is -0.149. The van der Waals surface area contributed by atoms with Gasteiger partial charge in [-0.05, 0) is 71.0 Å². The molecule has 1 aliphatic rings. The summed E-state index contributed by atoms with van der Waals surface area (Å²) in [5.74, 6) is 0.630. The standard InChI is InChI=1S/C34H64N4O4/c1-3-5-6-7-11-16-22-31(4-2)42-33(41)23-17-12-10-14-19-28-38(27-18-13-8-9-15-20-30-39)29-21-25-35-34-36-26-24-32(40)37-34/h30-31H,3-29H2,1-2H3,(H2,35,36,37,40). The molecule has 0 aromatic carbocycles. The van der Waals surface area contributed by atoms with Gasteiger partial charge in [-0.1, -0.05) is 84.5 Å². The molecule has 0 saturated heterocycles. The Morgan fingerprint density at radius 3 is 2.17 bits per heavy atom. The maximum atomic E-state index is 12.3. The van der Waals surface area contributed by atoms with E-state index in [0.717, 1.165) is 90.3 Å². The van der Waals surface area contributed by atoms with Crippen LogP contribution in [0.3, 0.4) is 0 Å². The number of aldehydes is 1. The summed E-state index contributed by atoms with van der Waals surface area (Å²) in [6.07, 6.45) is 24.7. The molecule has 0 radical (unpaired) electrons. The maximum absolute atomic E-state index is 12.3. The number of ether oxygens (including phenoxy) is 1. The molecule has 0 aromatic heterocycles. The van der Waals surface area contributed by atoms with Gasteiger partial charge in [0, 0.05) is 25.8 Å². The molecule has 244 valence electrons. The summed E-state index contributed by atoms with van der Waals surface area (Å²) in [6, 6.07) is 0. The smallest absolute Gasteiger partial charge is 0.306 e. The van der Waals surface area contributed by atoms with Crippen molar-refractivity contribution in [3.63, 3.8) is 0 Å². The van der Waals surface area contributed by atoms with E-state index in [4.69, 9.17) is 4.74 Å². The first-order valence-corrected chi connectivity index (χ1v) is 17.5. The molecule has 42 heavy (non-hydrogen) atoms. The Bertz CT molecular complexity index is 716. The Morgan fingerprint density at radius 1 is 0.881 bits per heavy atom. The number of carbonyl (C=O) groups is 3. The quantitative estimate of drug-likeness (QED) is 0.0546. The van der Waals surface area contributed by atoms with Gasteiger partial charge in [0.2, 0.25) is 5.91 Å². The Morgan fingerprint density at radius 2 is 1.50 bits per heavy atom. The third kappa shape index (κ3) is 22.6. The molecule has 2 N–H and O–H groups in total. The predicted molar refractivity (Wildman–Crippen MR) is 174 cm³/mol. The summed E-state index contributed by atoms with van der Waals surface area (Å²) in [5.41, 5.74) is 0. The van der Waals surface area contributed by atoms with Crippen molar-refractivity contribution in [2.45, 2.75) is 161 Å². The van der Waals surface area contributed by atoms with Gasteiger partial charge in [-0.25, -0.2) is 0 Å². The summed E-state index contributed by atoms with van der Waals surface area (Å²) < 4.78 is 5.76. The zero-order valence-electron chi connectivity index (χ0n) is 27.3. The molecule has 0 spiro atoms. The number of nitrogens with one attached hydrogen (secondary N) is 2. The van der Waals surface area contributed by atoms with Crippen LogP contribution in [0.15, 0.2) is 4.99 Å². The summed E-state index contributed by atoms with van der Waals surface area (Å²) in [5, 5.41) is 6.06. The number of esters is 1. The average Bonchev–Trinajstić information content (AvgIpc) is 2.99. The summed E-state index contributed by atoms with van der Waals surface area (Å²) in [7, 11) is 0. The van der Waals surface area contributed by atoms with Crippen molar-refractivity contribution in [1.29, 1.82) is 0 Å². The minimum absolute atomic E-state index is 0.0162. The van der Waals surface area contributed by atoms with Gasteiger partial charge in [0.15, 0.2) is 5.96 Å². The molecule has 0 saturated carbocycles. The second kappa shape index (κ2) is 27.8. The number of amides is 1. The zero-order valence-corrected chi connectivity index (χ0v) is 27.3. The molecule has 1 heterocycles.